The lowest BCUT2D eigenvalue weighted by Gasteiger charge is -2.23. The first-order chi connectivity index (χ1) is 6.37. The van der Waals surface area contributed by atoms with Gasteiger partial charge >= 0.3 is 0 Å². The van der Waals surface area contributed by atoms with Gasteiger partial charge in [0.25, 0.3) is 0 Å². The maximum Gasteiger partial charge on any atom is 0.0179 e. The molecule has 0 aromatic rings. The highest BCUT2D eigenvalue weighted by molar-refractivity contribution is 8.77. The molecule has 86 valence electrons. The van der Waals surface area contributed by atoms with Crippen molar-refractivity contribution >= 4 is 21.6 Å². The van der Waals surface area contributed by atoms with Gasteiger partial charge in [0.15, 0.2) is 0 Å². The Labute approximate surface area is 98.4 Å². The van der Waals surface area contributed by atoms with Gasteiger partial charge in [-0.1, -0.05) is 76.0 Å². The van der Waals surface area contributed by atoms with Gasteiger partial charge in [-0.15, -0.1) is 0 Å². The molecule has 0 aliphatic heterocycles. The average molecular weight is 234 g/mol. The summed E-state index contributed by atoms with van der Waals surface area (Å²) in [6, 6.07) is 0. The maximum absolute atomic E-state index is 2.39. The Morgan fingerprint density at radius 2 is 1.71 bits per heavy atom. The van der Waals surface area contributed by atoms with Gasteiger partial charge < -0.3 is 0 Å². The van der Waals surface area contributed by atoms with Crippen molar-refractivity contribution in [3.63, 3.8) is 0 Å². The fraction of sp³-hybridized carbons (Fsp3) is 1.00. The van der Waals surface area contributed by atoms with Crippen LogP contribution >= 0.6 is 21.6 Å². The van der Waals surface area contributed by atoms with E-state index < -0.39 is 0 Å². The number of unbranched alkanes of at least 4 members (excludes halogenated alkanes) is 1. The van der Waals surface area contributed by atoms with Gasteiger partial charge in [0.1, 0.15) is 0 Å². The van der Waals surface area contributed by atoms with Crippen molar-refractivity contribution in [1.29, 1.82) is 0 Å². The lowest BCUT2D eigenvalue weighted by atomic mass is 10.0. The third-order valence-electron chi connectivity index (χ3n) is 2.26. The van der Waals surface area contributed by atoms with E-state index in [9.17, 15) is 0 Å². The van der Waals surface area contributed by atoms with Crippen molar-refractivity contribution in [2.45, 2.75) is 70.8 Å². The number of hydrogen-bond donors (Lipinski definition) is 0. The van der Waals surface area contributed by atoms with Gasteiger partial charge in [0.05, 0.1) is 0 Å². The van der Waals surface area contributed by atoms with Crippen molar-refractivity contribution in [2.75, 3.05) is 0 Å². The molecular weight excluding hydrogens is 208 g/mol. The summed E-state index contributed by atoms with van der Waals surface area (Å²) in [6.45, 7) is 13.9. The van der Waals surface area contributed by atoms with Crippen LogP contribution in [0.15, 0.2) is 0 Å². The van der Waals surface area contributed by atoms with Gasteiger partial charge in [-0.2, -0.15) is 0 Å². The lowest BCUT2D eigenvalue weighted by molar-refractivity contribution is 0.503. The van der Waals surface area contributed by atoms with Crippen LogP contribution in [0.2, 0.25) is 0 Å². The van der Waals surface area contributed by atoms with E-state index in [0.29, 0.717) is 4.75 Å². The van der Waals surface area contributed by atoms with E-state index in [0.717, 1.165) is 11.2 Å². The quantitative estimate of drug-likeness (QED) is 0.566. The summed E-state index contributed by atoms with van der Waals surface area (Å²) in [4.78, 5) is 0. The van der Waals surface area contributed by atoms with Crippen LogP contribution in [0, 0.1) is 5.92 Å². The Morgan fingerprint density at radius 1 is 1.14 bits per heavy atom. The highest BCUT2D eigenvalue weighted by atomic mass is 33.1. The molecule has 1 unspecified atom stereocenters. The molecule has 0 radical (unpaired) electrons. The second-order valence-corrected chi connectivity index (χ2v) is 8.52. The molecule has 2 heteroatoms. The summed E-state index contributed by atoms with van der Waals surface area (Å²) >= 11 is 0. The zero-order valence-electron chi connectivity index (χ0n) is 10.6. The Morgan fingerprint density at radius 3 is 2.14 bits per heavy atom. The summed E-state index contributed by atoms with van der Waals surface area (Å²) in [5.41, 5.74) is 0. The first kappa shape index (κ1) is 14.7. The molecule has 0 aromatic heterocycles. The van der Waals surface area contributed by atoms with Crippen molar-refractivity contribution in [1.82, 2.24) is 0 Å². The van der Waals surface area contributed by atoms with Crippen LogP contribution in [0.4, 0.5) is 0 Å². The molecule has 0 amide bonds. The number of rotatable bonds is 6. The molecule has 0 aliphatic carbocycles. The minimum Gasteiger partial charge on any atom is -0.0902 e. The summed E-state index contributed by atoms with van der Waals surface area (Å²) in [7, 11) is 4.08. The second-order valence-electron chi connectivity index (χ2n) is 5.12. The topological polar surface area (TPSA) is 0 Å². The smallest absolute Gasteiger partial charge is 0.0179 e. The fourth-order valence-corrected chi connectivity index (χ4v) is 3.73. The highest BCUT2D eigenvalue weighted by Crippen LogP contribution is 2.40. The highest BCUT2D eigenvalue weighted by Gasteiger charge is 2.17. The third-order valence-corrected chi connectivity index (χ3v) is 6.33. The average Bonchev–Trinajstić information content (AvgIpc) is 2.09. The van der Waals surface area contributed by atoms with E-state index in [1.165, 1.54) is 19.3 Å². The van der Waals surface area contributed by atoms with Crippen LogP contribution < -0.4 is 0 Å². The molecule has 2 atom stereocenters. The van der Waals surface area contributed by atoms with Crippen LogP contribution in [-0.2, 0) is 0 Å². The zero-order chi connectivity index (χ0) is 11.2. The van der Waals surface area contributed by atoms with E-state index in [2.05, 4.69) is 52.3 Å². The minimum atomic E-state index is 0.392. The standard InChI is InChI=1S/C12H26S2/c1-7-8-9-10(2)11(3)13-14-12(4,5)6/h10-11H,7-9H2,1-6H3/t10?,11-/m1/s1. The molecule has 0 N–H and O–H groups in total. The van der Waals surface area contributed by atoms with Gasteiger partial charge in [0, 0.05) is 10.00 Å². The second kappa shape index (κ2) is 7.05. The molecule has 0 spiro atoms. The molecule has 14 heavy (non-hydrogen) atoms. The molecule has 0 nitrogen and oxygen atoms in total. The van der Waals surface area contributed by atoms with E-state index in [-0.39, 0.29) is 0 Å². The Hall–Kier alpha value is 0.700. The fourth-order valence-electron chi connectivity index (χ4n) is 1.08. The van der Waals surface area contributed by atoms with Crippen molar-refractivity contribution in [2.24, 2.45) is 5.92 Å². The van der Waals surface area contributed by atoms with Gasteiger partial charge in [0.2, 0.25) is 0 Å². The Kier molecular flexibility index (Phi) is 7.41. The van der Waals surface area contributed by atoms with E-state index >= 15 is 0 Å². The van der Waals surface area contributed by atoms with Gasteiger partial charge in [-0.3, -0.25) is 0 Å². The minimum absolute atomic E-state index is 0.392. The normalized spacial score (nSPS) is 16.7. The molecule has 0 fully saturated rings. The summed E-state index contributed by atoms with van der Waals surface area (Å²) < 4.78 is 0.392. The molecule has 0 heterocycles. The van der Waals surface area contributed by atoms with Crippen LogP contribution in [-0.4, -0.2) is 10.00 Å². The van der Waals surface area contributed by atoms with Crippen LogP contribution in [0.5, 0.6) is 0 Å². The predicted molar refractivity (Wildman–Crippen MR) is 73.1 cm³/mol. The molecule has 0 bridgehead atoms. The van der Waals surface area contributed by atoms with Crippen molar-refractivity contribution in [3.8, 4) is 0 Å². The SMILES string of the molecule is CCCCC(C)[C@@H](C)SSC(C)(C)C. The van der Waals surface area contributed by atoms with Gasteiger partial charge in [-0.05, 0) is 12.3 Å². The van der Waals surface area contributed by atoms with E-state index in [1.807, 2.05) is 10.8 Å². The van der Waals surface area contributed by atoms with Crippen LogP contribution in [0.1, 0.15) is 60.8 Å². The molecule has 0 rings (SSSR count). The van der Waals surface area contributed by atoms with Crippen LogP contribution in [0.3, 0.4) is 0 Å². The molecule has 0 aliphatic rings. The monoisotopic (exact) mass is 234 g/mol. The lowest BCUT2D eigenvalue weighted by Crippen LogP contribution is -2.12. The van der Waals surface area contributed by atoms with Crippen molar-refractivity contribution < 1.29 is 0 Å². The van der Waals surface area contributed by atoms with Crippen molar-refractivity contribution in [3.05, 3.63) is 0 Å². The first-order valence-corrected chi connectivity index (χ1v) is 7.92. The first-order valence-electron chi connectivity index (χ1n) is 5.71. The third kappa shape index (κ3) is 8.05. The largest absolute Gasteiger partial charge is 0.0902 e. The van der Waals surface area contributed by atoms with E-state index in [1.54, 1.807) is 0 Å². The molecule has 0 aromatic carbocycles. The Balaban J connectivity index is 3.67. The number of hydrogen-bond acceptors (Lipinski definition) is 2. The molecule has 0 saturated carbocycles. The van der Waals surface area contributed by atoms with E-state index in [4.69, 9.17) is 0 Å². The Bertz CT molecular complexity index is 138. The zero-order valence-corrected chi connectivity index (χ0v) is 12.2. The maximum atomic E-state index is 2.39. The van der Waals surface area contributed by atoms with Gasteiger partial charge in [-0.25, -0.2) is 0 Å². The summed E-state index contributed by atoms with van der Waals surface area (Å²) in [5.74, 6) is 0.856. The summed E-state index contributed by atoms with van der Waals surface area (Å²) in [6.07, 6.45) is 4.09. The molecule has 0 saturated heterocycles. The predicted octanol–water partition coefficient (Wildman–Crippen LogP) is 5.38. The van der Waals surface area contributed by atoms with Crippen LogP contribution in [0.25, 0.3) is 0 Å². The molecular formula is C12H26S2. The summed E-state index contributed by atoms with van der Waals surface area (Å²) in [5, 5.41) is 0.783.